The highest BCUT2D eigenvalue weighted by molar-refractivity contribution is 5.65. The number of rotatable bonds is 5. The van der Waals surface area contributed by atoms with E-state index < -0.39 is 23.3 Å². The average Bonchev–Trinajstić information content (AvgIpc) is 2.81. The third-order valence-electron chi connectivity index (χ3n) is 6.51. The lowest BCUT2D eigenvalue weighted by molar-refractivity contribution is 0.314. The van der Waals surface area contributed by atoms with Crippen LogP contribution in [0.25, 0.3) is 11.1 Å². The van der Waals surface area contributed by atoms with E-state index in [9.17, 15) is 17.6 Å². The predicted octanol–water partition coefficient (Wildman–Crippen LogP) is 8.06. The van der Waals surface area contributed by atoms with Crippen molar-refractivity contribution in [3.8, 4) is 16.9 Å². The second-order valence-electron chi connectivity index (χ2n) is 8.44. The Morgan fingerprint density at radius 1 is 0.719 bits per heavy atom. The Bertz CT molecular complexity index is 1100. The molecular formula is C27H26F4O. The molecule has 1 nitrogen and oxygen atoms in total. The summed E-state index contributed by atoms with van der Waals surface area (Å²) < 4.78 is 62.1. The molecule has 3 aromatic rings. The van der Waals surface area contributed by atoms with Gasteiger partial charge in [0, 0.05) is 5.56 Å². The van der Waals surface area contributed by atoms with Gasteiger partial charge in [-0.15, -0.1) is 0 Å². The minimum absolute atomic E-state index is 0.0153. The van der Waals surface area contributed by atoms with Crippen LogP contribution in [0.5, 0.6) is 5.75 Å². The van der Waals surface area contributed by atoms with E-state index in [4.69, 9.17) is 4.74 Å². The van der Waals surface area contributed by atoms with Crippen molar-refractivity contribution in [2.45, 2.75) is 51.4 Å². The summed E-state index contributed by atoms with van der Waals surface area (Å²) in [5.41, 5.74) is 2.70. The number of ether oxygens (including phenoxy) is 1. The van der Waals surface area contributed by atoms with Crippen molar-refractivity contribution in [2.24, 2.45) is 0 Å². The van der Waals surface area contributed by atoms with Crippen molar-refractivity contribution >= 4 is 0 Å². The third-order valence-corrected chi connectivity index (χ3v) is 6.51. The predicted molar refractivity (Wildman–Crippen MR) is 118 cm³/mol. The Hall–Kier alpha value is -2.82. The maximum absolute atomic E-state index is 14.5. The molecule has 0 spiro atoms. The van der Waals surface area contributed by atoms with Gasteiger partial charge in [-0.1, -0.05) is 36.4 Å². The summed E-state index contributed by atoms with van der Waals surface area (Å²) in [6.07, 6.45) is 3.30. The van der Waals surface area contributed by atoms with Crippen LogP contribution < -0.4 is 4.74 Å². The van der Waals surface area contributed by atoms with Gasteiger partial charge in [-0.3, -0.25) is 0 Å². The van der Waals surface area contributed by atoms with Crippen molar-refractivity contribution in [2.75, 3.05) is 6.61 Å². The molecule has 1 fully saturated rings. The molecule has 1 aliphatic carbocycles. The summed E-state index contributed by atoms with van der Waals surface area (Å²) in [7, 11) is 0. The first kappa shape index (κ1) is 22.4. The largest absolute Gasteiger partial charge is 0.491 e. The van der Waals surface area contributed by atoms with Gasteiger partial charge < -0.3 is 4.74 Å². The van der Waals surface area contributed by atoms with Crippen LogP contribution in [0.2, 0.25) is 0 Å². The lowest BCUT2D eigenvalue weighted by atomic mass is 9.76. The van der Waals surface area contributed by atoms with E-state index >= 15 is 0 Å². The monoisotopic (exact) mass is 442 g/mol. The topological polar surface area (TPSA) is 9.23 Å². The highest BCUT2D eigenvalue weighted by Crippen LogP contribution is 2.42. The van der Waals surface area contributed by atoms with Crippen LogP contribution in [0.15, 0.2) is 48.5 Å². The second kappa shape index (κ2) is 9.35. The lowest BCUT2D eigenvalue weighted by Crippen LogP contribution is -2.14. The molecule has 0 heterocycles. The summed E-state index contributed by atoms with van der Waals surface area (Å²) in [5.74, 6) is -3.14. The van der Waals surface area contributed by atoms with Gasteiger partial charge in [-0.2, -0.15) is 4.39 Å². The van der Waals surface area contributed by atoms with Crippen molar-refractivity contribution in [3.63, 3.8) is 0 Å². The molecule has 168 valence electrons. The van der Waals surface area contributed by atoms with Gasteiger partial charge in [-0.05, 0) is 85.8 Å². The van der Waals surface area contributed by atoms with Crippen LogP contribution in [0.4, 0.5) is 17.6 Å². The minimum Gasteiger partial charge on any atom is -0.491 e. The molecule has 1 aliphatic rings. The molecule has 1 saturated carbocycles. The van der Waals surface area contributed by atoms with E-state index in [1.165, 1.54) is 12.1 Å². The third kappa shape index (κ3) is 4.25. The second-order valence-corrected chi connectivity index (χ2v) is 8.44. The first-order valence-corrected chi connectivity index (χ1v) is 11.1. The lowest BCUT2D eigenvalue weighted by Gasteiger charge is -2.29. The van der Waals surface area contributed by atoms with Crippen molar-refractivity contribution in [1.29, 1.82) is 0 Å². The molecule has 0 N–H and O–H groups in total. The Labute approximate surface area is 186 Å². The molecule has 0 radical (unpaired) electrons. The molecule has 32 heavy (non-hydrogen) atoms. The van der Waals surface area contributed by atoms with E-state index in [0.717, 1.165) is 31.2 Å². The van der Waals surface area contributed by atoms with Crippen LogP contribution in [-0.4, -0.2) is 6.61 Å². The van der Waals surface area contributed by atoms with E-state index in [0.29, 0.717) is 22.6 Å². The molecular weight excluding hydrogens is 416 g/mol. The van der Waals surface area contributed by atoms with E-state index in [-0.39, 0.29) is 23.8 Å². The van der Waals surface area contributed by atoms with Gasteiger partial charge in [0.05, 0.1) is 6.61 Å². The quantitative estimate of drug-likeness (QED) is 0.363. The van der Waals surface area contributed by atoms with Crippen LogP contribution in [0.3, 0.4) is 0 Å². The molecule has 0 atom stereocenters. The molecule has 3 aromatic carbocycles. The standard InChI is InChI=1S/C27H26F4O/c1-3-32-23-15-14-22(26(30)27(23)31)20-11-7-18(8-12-20)17-5-9-19(10-6-17)21-13-4-16(2)24(28)25(21)29/h4,7-8,11-15,17,19H,3,5-6,9-10H2,1-2H3. The highest BCUT2D eigenvalue weighted by Gasteiger charge is 2.27. The summed E-state index contributed by atoms with van der Waals surface area (Å²) in [6.45, 7) is 3.54. The number of hydrogen-bond acceptors (Lipinski definition) is 1. The average molecular weight is 442 g/mol. The van der Waals surface area contributed by atoms with Crippen molar-refractivity contribution < 1.29 is 22.3 Å². The first-order valence-electron chi connectivity index (χ1n) is 11.1. The fourth-order valence-corrected chi connectivity index (χ4v) is 4.67. The van der Waals surface area contributed by atoms with E-state index in [1.54, 1.807) is 38.1 Å². The fourth-order valence-electron chi connectivity index (χ4n) is 4.67. The molecule has 0 aromatic heterocycles. The van der Waals surface area contributed by atoms with Gasteiger partial charge in [0.25, 0.3) is 0 Å². The summed E-state index contributed by atoms with van der Waals surface area (Å²) in [4.78, 5) is 0. The van der Waals surface area contributed by atoms with Crippen LogP contribution >= 0.6 is 0 Å². The Kier molecular flexibility index (Phi) is 6.54. The molecule has 0 aliphatic heterocycles. The molecule has 0 unspecified atom stereocenters. The normalized spacial score (nSPS) is 18.6. The summed E-state index contributed by atoms with van der Waals surface area (Å²) >= 11 is 0. The number of benzene rings is 3. The highest BCUT2D eigenvalue weighted by atomic mass is 19.2. The molecule has 0 saturated heterocycles. The maximum atomic E-state index is 14.5. The molecule has 0 amide bonds. The number of hydrogen-bond donors (Lipinski definition) is 0. The van der Waals surface area contributed by atoms with Gasteiger partial charge >= 0.3 is 0 Å². The summed E-state index contributed by atoms with van der Waals surface area (Å²) in [6, 6.07) is 13.8. The van der Waals surface area contributed by atoms with Crippen LogP contribution in [0, 0.1) is 30.2 Å². The molecule has 4 rings (SSSR count). The van der Waals surface area contributed by atoms with Crippen LogP contribution in [-0.2, 0) is 0 Å². The van der Waals surface area contributed by atoms with Gasteiger partial charge in [0.15, 0.2) is 23.2 Å². The molecule has 0 bridgehead atoms. The zero-order valence-electron chi connectivity index (χ0n) is 18.2. The van der Waals surface area contributed by atoms with Crippen molar-refractivity contribution in [3.05, 3.63) is 88.5 Å². The Morgan fingerprint density at radius 3 is 2.03 bits per heavy atom. The van der Waals surface area contributed by atoms with E-state index in [1.807, 2.05) is 12.1 Å². The van der Waals surface area contributed by atoms with Gasteiger partial charge in [-0.25, -0.2) is 13.2 Å². The Balaban J connectivity index is 1.46. The Morgan fingerprint density at radius 2 is 1.38 bits per heavy atom. The fraction of sp³-hybridized carbons (Fsp3) is 0.333. The van der Waals surface area contributed by atoms with Gasteiger partial charge in [0.2, 0.25) is 5.82 Å². The van der Waals surface area contributed by atoms with E-state index in [2.05, 4.69) is 0 Å². The zero-order chi connectivity index (χ0) is 22.8. The van der Waals surface area contributed by atoms with Gasteiger partial charge in [0.1, 0.15) is 0 Å². The smallest absolute Gasteiger partial charge is 0.201 e. The molecule has 5 heteroatoms. The summed E-state index contributed by atoms with van der Waals surface area (Å²) in [5, 5.41) is 0. The number of halogens is 4. The zero-order valence-corrected chi connectivity index (χ0v) is 18.2. The number of aryl methyl sites for hydroxylation is 1. The van der Waals surface area contributed by atoms with Crippen LogP contribution in [0.1, 0.15) is 61.1 Å². The SMILES string of the molecule is CCOc1ccc(-c2ccc(C3CCC(c4ccc(C)c(F)c4F)CC3)cc2)c(F)c1F. The first-order chi connectivity index (χ1) is 15.4. The minimum atomic E-state index is -0.980. The maximum Gasteiger partial charge on any atom is 0.201 e. The van der Waals surface area contributed by atoms with Crippen molar-refractivity contribution in [1.82, 2.24) is 0 Å².